The molecule has 0 atom stereocenters. The van der Waals surface area contributed by atoms with E-state index in [2.05, 4.69) is 23.0 Å². The van der Waals surface area contributed by atoms with Gasteiger partial charge in [0, 0.05) is 19.3 Å². The fourth-order valence-electron chi connectivity index (χ4n) is 2.25. The SMILES string of the molecule is CN(Cc1ccccn1)CC1(C#N)CCC1. The van der Waals surface area contributed by atoms with Crippen molar-refractivity contribution in [3.63, 3.8) is 0 Å². The molecule has 0 aromatic carbocycles. The predicted molar refractivity (Wildman–Crippen MR) is 62.5 cm³/mol. The summed E-state index contributed by atoms with van der Waals surface area (Å²) in [6.45, 7) is 1.68. The van der Waals surface area contributed by atoms with E-state index in [-0.39, 0.29) is 5.41 Å². The molecular formula is C13H17N3. The highest BCUT2D eigenvalue weighted by molar-refractivity contribution is 5.07. The molecule has 1 aliphatic rings. The topological polar surface area (TPSA) is 39.9 Å². The lowest BCUT2D eigenvalue weighted by atomic mass is 9.69. The van der Waals surface area contributed by atoms with Crippen molar-refractivity contribution in [2.75, 3.05) is 13.6 Å². The largest absolute Gasteiger partial charge is 0.299 e. The second-order valence-electron chi connectivity index (χ2n) is 4.74. The Kier molecular flexibility index (Phi) is 3.21. The van der Waals surface area contributed by atoms with E-state index in [0.29, 0.717) is 0 Å². The van der Waals surface area contributed by atoms with Gasteiger partial charge in [-0.1, -0.05) is 12.5 Å². The highest BCUT2D eigenvalue weighted by Crippen LogP contribution is 2.40. The van der Waals surface area contributed by atoms with Gasteiger partial charge in [-0.3, -0.25) is 9.88 Å². The first kappa shape index (κ1) is 11.1. The fraction of sp³-hybridized carbons (Fsp3) is 0.538. The van der Waals surface area contributed by atoms with E-state index in [1.165, 1.54) is 6.42 Å². The lowest BCUT2D eigenvalue weighted by Gasteiger charge is -2.38. The normalized spacial score (nSPS) is 17.8. The van der Waals surface area contributed by atoms with E-state index in [0.717, 1.165) is 31.6 Å². The molecule has 84 valence electrons. The van der Waals surface area contributed by atoms with Crippen LogP contribution in [0.15, 0.2) is 24.4 Å². The number of nitriles is 1. The molecule has 0 bridgehead atoms. The van der Waals surface area contributed by atoms with Gasteiger partial charge in [0.1, 0.15) is 0 Å². The quantitative estimate of drug-likeness (QED) is 0.773. The van der Waals surface area contributed by atoms with E-state index < -0.39 is 0 Å². The summed E-state index contributed by atoms with van der Waals surface area (Å²) in [5.74, 6) is 0. The van der Waals surface area contributed by atoms with Crippen LogP contribution in [0.4, 0.5) is 0 Å². The summed E-state index contributed by atoms with van der Waals surface area (Å²) in [6, 6.07) is 8.42. The highest BCUT2D eigenvalue weighted by atomic mass is 15.1. The maximum absolute atomic E-state index is 9.16. The standard InChI is InChI=1S/C13H17N3/c1-16(9-12-5-2-3-8-15-12)11-13(10-14)6-4-7-13/h2-3,5,8H,4,6-7,9,11H2,1H3. The molecule has 3 heteroatoms. The molecule has 0 amide bonds. The summed E-state index contributed by atoms with van der Waals surface area (Å²) in [6.07, 6.45) is 5.11. The summed E-state index contributed by atoms with van der Waals surface area (Å²) < 4.78 is 0. The van der Waals surface area contributed by atoms with Gasteiger partial charge in [-0.15, -0.1) is 0 Å². The fourth-order valence-corrected chi connectivity index (χ4v) is 2.25. The molecule has 0 spiro atoms. The molecule has 0 N–H and O–H groups in total. The number of aromatic nitrogens is 1. The van der Waals surface area contributed by atoms with Gasteiger partial charge in [-0.2, -0.15) is 5.26 Å². The molecule has 0 saturated heterocycles. The van der Waals surface area contributed by atoms with Crippen molar-refractivity contribution in [2.45, 2.75) is 25.8 Å². The van der Waals surface area contributed by atoms with Crippen LogP contribution in [0.5, 0.6) is 0 Å². The van der Waals surface area contributed by atoms with Gasteiger partial charge in [-0.25, -0.2) is 0 Å². The van der Waals surface area contributed by atoms with Crippen molar-refractivity contribution < 1.29 is 0 Å². The Hall–Kier alpha value is -1.40. The average molecular weight is 215 g/mol. The summed E-state index contributed by atoms with van der Waals surface area (Å²) in [5, 5.41) is 9.16. The van der Waals surface area contributed by atoms with Crippen LogP contribution in [0.1, 0.15) is 25.0 Å². The number of rotatable bonds is 4. The number of hydrogen-bond donors (Lipinski definition) is 0. The molecule has 1 aromatic rings. The molecule has 2 rings (SSSR count). The van der Waals surface area contributed by atoms with Crippen molar-refractivity contribution in [1.82, 2.24) is 9.88 Å². The van der Waals surface area contributed by atoms with Crippen LogP contribution in [0, 0.1) is 16.7 Å². The first-order chi connectivity index (χ1) is 7.74. The Bertz CT molecular complexity index is 376. The second kappa shape index (κ2) is 4.63. The summed E-state index contributed by atoms with van der Waals surface area (Å²) in [5.41, 5.74) is 0.987. The van der Waals surface area contributed by atoms with E-state index in [9.17, 15) is 0 Å². The number of pyridine rings is 1. The Labute approximate surface area is 96.7 Å². The Morgan fingerprint density at radius 1 is 1.50 bits per heavy atom. The van der Waals surface area contributed by atoms with Crippen LogP contribution in [0.25, 0.3) is 0 Å². The van der Waals surface area contributed by atoms with Crippen LogP contribution in [-0.4, -0.2) is 23.5 Å². The van der Waals surface area contributed by atoms with E-state index >= 15 is 0 Å². The maximum atomic E-state index is 9.16. The predicted octanol–water partition coefficient (Wildman–Crippen LogP) is 2.21. The smallest absolute Gasteiger partial charge is 0.0703 e. The highest BCUT2D eigenvalue weighted by Gasteiger charge is 2.37. The minimum Gasteiger partial charge on any atom is -0.299 e. The molecule has 16 heavy (non-hydrogen) atoms. The molecule has 0 aliphatic heterocycles. The van der Waals surface area contributed by atoms with Gasteiger partial charge < -0.3 is 0 Å². The van der Waals surface area contributed by atoms with Gasteiger partial charge in [0.05, 0.1) is 17.2 Å². The van der Waals surface area contributed by atoms with Gasteiger partial charge in [0.2, 0.25) is 0 Å². The average Bonchev–Trinajstić information content (AvgIpc) is 2.25. The monoisotopic (exact) mass is 215 g/mol. The van der Waals surface area contributed by atoms with Crippen molar-refractivity contribution in [1.29, 1.82) is 5.26 Å². The third kappa shape index (κ3) is 2.40. The number of hydrogen-bond acceptors (Lipinski definition) is 3. The molecule has 1 fully saturated rings. The summed E-state index contributed by atoms with van der Waals surface area (Å²) >= 11 is 0. The van der Waals surface area contributed by atoms with E-state index in [1.807, 2.05) is 24.4 Å². The van der Waals surface area contributed by atoms with Crippen molar-refractivity contribution in [3.8, 4) is 6.07 Å². The third-order valence-corrected chi connectivity index (χ3v) is 3.28. The van der Waals surface area contributed by atoms with Crippen molar-refractivity contribution >= 4 is 0 Å². The van der Waals surface area contributed by atoms with Crippen LogP contribution >= 0.6 is 0 Å². The minimum absolute atomic E-state index is 0.0798. The second-order valence-corrected chi connectivity index (χ2v) is 4.74. The molecule has 1 aromatic heterocycles. The van der Waals surface area contributed by atoms with Crippen molar-refractivity contribution in [3.05, 3.63) is 30.1 Å². The molecule has 0 unspecified atom stereocenters. The first-order valence-electron chi connectivity index (χ1n) is 5.74. The third-order valence-electron chi connectivity index (χ3n) is 3.28. The Balaban J connectivity index is 1.90. The zero-order chi connectivity index (χ0) is 11.4. The Morgan fingerprint density at radius 3 is 2.81 bits per heavy atom. The molecule has 1 heterocycles. The van der Waals surface area contributed by atoms with E-state index in [1.54, 1.807) is 0 Å². The first-order valence-corrected chi connectivity index (χ1v) is 5.74. The van der Waals surface area contributed by atoms with Gasteiger partial charge in [0.15, 0.2) is 0 Å². The zero-order valence-corrected chi connectivity index (χ0v) is 9.69. The number of nitrogens with zero attached hydrogens (tertiary/aromatic N) is 3. The maximum Gasteiger partial charge on any atom is 0.0703 e. The molecule has 1 aliphatic carbocycles. The van der Waals surface area contributed by atoms with Gasteiger partial charge in [0.25, 0.3) is 0 Å². The summed E-state index contributed by atoms with van der Waals surface area (Å²) in [4.78, 5) is 6.49. The van der Waals surface area contributed by atoms with E-state index in [4.69, 9.17) is 5.26 Å². The molecular weight excluding hydrogens is 198 g/mol. The Morgan fingerprint density at radius 2 is 2.31 bits per heavy atom. The molecule has 3 nitrogen and oxygen atoms in total. The lowest BCUT2D eigenvalue weighted by molar-refractivity contribution is 0.133. The van der Waals surface area contributed by atoms with Gasteiger partial charge in [-0.05, 0) is 32.0 Å². The molecule has 0 radical (unpaired) electrons. The van der Waals surface area contributed by atoms with Crippen LogP contribution in [0.3, 0.4) is 0 Å². The van der Waals surface area contributed by atoms with Crippen LogP contribution in [-0.2, 0) is 6.54 Å². The summed E-state index contributed by atoms with van der Waals surface area (Å²) in [7, 11) is 2.06. The minimum atomic E-state index is -0.0798. The van der Waals surface area contributed by atoms with Crippen molar-refractivity contribution in [2.24, 2.45) is 5.41 Å². The van der Waals surface area contributed by atoms with Gasteiger partial charge >= 0.3 is 0 Å². The lowest BCUT2D eigenvalue weighted by Crippen LogP contribution is -2.39. The molecule has 1 saturated carbocycles. The zero-order valence-electron chi connectivity index (χ0n) is 9.69. The van der Waals surface area contributed by atoms with Crippen LogP contribution in [0.2, 0.25) is 0 Å². The van der Waals surface area contributed by atoms with Crippen LogP contribution < -0.4 is 0 Å².